The summed E-state index contributed by atoms with van der Waals surface area (Å²) in [6, 6.07) is 11.9. The van der Waals surface area contributed by atoms with Gasteiger partial charge in [-0.3, -0.25) is 4.79 Å². The van der Waals surface area contributed by atoms with Crippen LogP contribution in [0.2, 0.25) is 10.0 Å². The zero-order valence-corrected chi connectivity index (χ0v) is 11.4. The second-order valence-electron chi connectivity index (χ2n) is 3.95. The zero-order chi connectivity index (χ0) is 13.8. The monoisotopic (exact) mass is 291 g/mol. The summed E-state index contributed by atoms with van der Waals surface area (Å²) >= 11 is 12.0. The molecule has 2 aromatic rings. The van der Waals surface area contributed by atoms with Crippen molar-refractivity contribution in [2.45, 2.75) is 0 Å². The van der Waals surface area contributed by atoms with Gasteiger partial charge in [0.2, 0.25) is 0 Å². The van der Waals surface area contributed by atoms with E-state index in [9.17, 15) is 4.79 Å². The summed E-state index contributed by atoms with van der Waals surface area (Å²) in [5.41, 5.74) is 7.38. The Labute approximate surface area is 121 Å². The lowest BCUT2D eigenvalue weighted by Gasteiger charge is -2.01. The van der Waals surface area contributed by atoms with Gasteiger partial charge in [-0.2, -0.15) is 0 Å². The number of hydrogen-bond donors (Lipinski definition) is 1. The third kappa shape index (κ3) is 3.37. The minimum Gasteiger partial charge on any atom is -0.399 e. The SMILES string of the molecule is Nc1ccc(C(=O)/C=C/c2c(Cl)cccc2Cl)cc1. The fourth-order valence-corrected chi connectivity index (χ4v) is 2.10. The minimum atomic E-state index is -0.129. The third-order valence-electron chi connectivity index (χ3n) is 2.60. The van der Waals surface area contributed by atoms with E-state index in [2.05, 4.69) is 0 Å². The summed E-state index contributed by atoms with van der Waals surface area (Å²) in [7, 11) is 0. The molecule has 19 heavy (non-hydrogen) atoms. The van der Waals surface area contributed by atoms with Crippen molar-refractivity contribution in [1.29, 1.82) is 0 Å². The van der Waals surface area contributed by atoms with Gasteiger partial charge >= 0.3 is 0 Å². The van der Waals surface area contributed by atoms with Crippen molar-refractivity contribution in [1.82, 2.24) is 0 Å². The lowest BCUT2D eigenvalue weighted by molar-refractivity contribution is 0.104. The first kappa shape index (κ1) is 13.7. The maximum Gasteiger partial charge on any atom is 0.185 e. The summed E-state index contributed by atoms with van der Waals surface area (Å²) in [6.45, 7) is 0. The van der Waals surface area contributed by atoms with Crippen molar-refractivity contribution in [3.63, 3.8) is 0 Å². The highest BCUT2D eigenvalue weighted by Crippen LogP contribution is 2.25. The molecule has 0 aromatic heterocycles. The fourth-order valence-electron chi connectivity index (χ4n) is 1.57. The molecule has 0 bridgehead atoms. The number of rotatable bonds is 3. The van der Waals surface area contributed by atoms with Gasteiger partial charge < -0.3 is 5.73 Å². The number of benzene rings is 2. The van der Waals surface area contributed by atoms with Gasteiger partial charge in [-0.1, -0.05) is 29.3 Å². The first-order valence-electron chi connectivity index (χ1n) is 5.60. The van der Waals surface area contributed by atoms with Crippen LogP contribution >= 0.6 is 23.2 Å². The number of nitrogen functional groups attached to an aromatic ring is 1. The van der Waals surface area contributed by atoms with Crippen LogP contribution in [-0.4, -0.2) is 5.78 Å². The smallest absolute Gasteiger partial charge is 0.185 e. The number of nitrogens with two attached hydrogens (primary N) is 1. The molecular weight excluding hydrogens is 281 g/mol. The molecule has 0 saturated heterocycles. The Balaban J connectivity index is 2.23. The predicted octanol–water partition coefficient (Wildman–Crippen LogP) is 4.47. The van der Waals surface area contributed by atoms with Crippen molar-refractivity contribution < 1.29 is 4.79 Å². The Kier molecular flexibility index (Phi) is 4.25. The summed E-state index contributed by atoms with van der Waals surface area (Å²) in [5, 5.41) is 1.02. The molecular formula is C15H11Cl2NO. The van der Waals surface area contributed by atoms with Crippen molar-refractivity contribution in [3.8, 4) is 0 Å². The molecule has 0 aliphatic rings. The van der Waals surface area contributed by atoms with Crippen LogP contribution in [0.25, 0.3) is 6.08 Å². The Morgan fingerprint density at radius 3 is 2.16 bits per heavy atom. The normalized spacial score (nSPS) is 10.8. The van der Waals surface area contributed by atoms with Gasteiger partial charge in [-0.25, -0.2) is 0 Å². The summed E-state index contributed by atoms with van der Waals surface area (Å²) in [6.07, 6.45) is 3.06. The molecule has 0 spiro atoms. The highest BCUT2D eigenvalue weighted by molar-refractivity contribution is 6.37. The van der Waals surface area contributed by atoms with E-state index in [-0.39, 0.29) is 5.78 Å². The van der Waals surface area contributed by atoms with E-state index in [4.69, 9.17) is 28.9 Å². The molecule has 4 heteroatoms. The molecule has 0 amide bonds. The topological polar surface area (TPSA) is 43.1 Å². The van der Waals surface area contributed by atoms with Crippen molar-refractivity contribution in [3.05, 3.63) is 69.7 Å². The molecule has 0 atom stereocenters. The quantitative estimate of drug-likeness (QED) is 0.515. The van der Waals surface area contributed by atoms with E-state index in [0.29, 0.717) is 26.9 Å². The second-order valence-corrected chi connectivity index (χ2v) is 4.77. The van der Waals surface area contributed by atoms with Crippen molar-refractivity contribution >= 4 is 40.7 Å². The van der Waals surface area contributed by atoms with Gasteiger partial charge in [-0.05, 0) is 48.6 Å². The summed E-state index contributed by atoms with van der Waals surface area (Å²) in [5.74, 6) is -0.129. The van der Waals surface area contributed by atoms with Crippen LogP contribution in [0.1, 0.15) is 15.9 Å². The zero-order valence-electron chi connectivity index (χ0n) is 9.94. The lowest BCUT2D eigenvalue weighted by Crippen LogP contribution is -1.94. The second kappa shape index (κ2) is 5.91. The van der Waals surface area contributed by atoms with Gasteiger partial charge in [0.1, 0.15) is 0 Å². The van der Waals surface area contributed by atoms with E-state index in [1.165, 1.54) is 6.08 Å². The van der Waals surface area contributed by atoms with Crippen LogP contribution in [0, 0.1) is 0 Å². The molecule has 0 fully saturated rings. The van der Waals surface area contributed by atoms with Gasteiger partial charge in [-0.15, -0.1) is 0 Å². The number of carbonyl (C=O) groups excluding carboxylic acids is 1. The van der Waals surface area contributed by atoms with E-state index in [1.807, 2.05) is 0 Å². The predicted molar refractivity (Wildman–Crippen MR) is 80.7 cm³/mol. The molecule has 2 rings (SSSR count). The van der Waals surface area contributed by atoms with Gasteiger partial charge in [0.05, 0.1) is 0 Å². The first-order chi connectivity index (χ1) is 9.08. The third-order valence-corrected chi connectivity index (χ3v) is 3.26. The fraction of sp³-hybridized carbons (Fsp3) is 0. The van der Waals surface area contributed by atoms with Crippen LogP contribution in [0.3, 0.4) is 0 Å². The molecule has 0 aliphatic heterocycles. The largest absolute Gasteiger partial charge is 0.399 e. The summed E-state index contributed by atoms with van der Waals surface area (Å²) < 4.78 is 0. The molecule has 0 heterocycles. The number of allylic oxidation sites excluding steroid dienone is 1. The maximum atomic E-state index is 11.9. The van der Waals surface area contributed by atoms with E-state index in [0.717, 1.165) is 0 Å². The van der Waals surface area contributed by atoms with Crippen LogP contribution in [-0.2, 0) is 0 Å². The van der Waals surface area contributed by atoms with E-state index in [1.54, 1.807) is 48.5 Å². The van der Waals surface area contributed by atoms with Gasteiger partial charge in [0.25, 0.3) is 0 Å². The first-order valence-corrected chi connectivity index (χ1v) is 6.35. The average molecular weight is 292 g/mol. The lowest BCUT2D eigenvalue weighted by atomic mass is 10.1. The van der Waals surface area contributed by atoms with E-state index < -0.39 is 0 Å². The van der Waals surface area contributed by atoms with Crippen LogP contribution in [0.15, 0.2) is 48.5 Å². The Morgan fingerprint density at radius 2 is 1.58 bits per heavy atom. The molecule has 96 valence electrons. The van der Waals surface area contributed by atoms with Crippen molar-refractivity contribution in [2.24, 2.45) is 0 Å². The number of ketones is 1. The van der Waals surface area contributed by atoms with Gasteiger partial charge in [0.15, 0.2) is 5.78 Å². The standard InChI is InChI=1S/C15H11Cl2NO/c16-13-2-1-3-14(17)12(13)8-9-15(19)10-4-6-11(18)7-5-10/h1-9H,18H2/b9-8+. The highest BCUT2D eigenvalue weighted by Gasteiger charge is 2.04. The number of hydrogen-bond acceptors (Lipinski definition) is 2. The van der Waals surface area contributed by atoms with Gasteiger partial charge in [0, 0.05) is 26.9 Å². The highest BCUT2D eigenvalue weighted by atomic mass is 35.5. The Bertz CT molecular complexity index is 613. The van der Waals surface area contributed by atoms with Crippen LogP contribution in [0.4, 0.5) is 5.69 Å². The molecule has 2 N–H and O–H groups in total. The maximum absolute atomic E-state index is 11.9. The average Bonchev–Trinajstić information content (AvgIpc) is 2.38. The Hall–Kier alpha value is -1.77. The van der Waals surface area contributed by atoms with Crippen molar-refractivity contribution in [2.75, 3.05) is 5.73 Å². The van der Waals surface area contributed by atoms with Crippen LogP contribution in [0.5, 0.6) is 0 Å². The molecule has 0 saturated carbocycles. The molecule has 2 aromatic carbocycles. The number of carbonyl (C=O) groups is 1. The number of anilines is 1. The Morgan fingerprint density at radius 1 is 1.00 bits per heavy atom. The van der Waals surface area contributed by atoms with E-state index >= 15 is 0 Å². The molecule has 0 radical (unpaired) electrons. The molecule has 0 unspecified atom stereocenters. The number of halogens is 2. The molecule has 0 aliphatic carbocycles. The van der Waals surface area contributed by atoms with Crippen LogP contribution < -0.4 is 5.73 Å². The molecule has 2 nitrogen and oxygen atoms in total. The summed E-state index contributed by atoms with van der Waals surface area (Å²) in [4.78, 5) is 11.9. The minimum absolute atomic E-state index is 0.129.